The van der Waals surface area contributed by atoms with Gasteiger partial charge in [-0.05, 0) is 24.5 Å². The lowest BCUT2D eigenvalue weighted by molar-refractivity contribution is -0.123. The van der Waals surface area contributed by atoms with Gasteiger partial charge in [-0.1, -0.05) is 37.5 Å². The lowest BCUT2D eigenvalue weighted by Gasteiger charge is -2.32. The molecule has 0 unspecified atom stereocenters. The van der Waals surface area contributed by atoms with E-state index < -0.39 is 0 Å². The molecule has 1 aromatic heterocycles. The van der Waals surface area contributed by atoms with Crippen LogP contribution in [0.3, 0.4) is 0 Å². The lowest BCUT2D eigenvalue weighted by atomic mass is 9.70. The number of para-hydroxylation sites is 1. The summed E-state index contributed by atoms with van der Waals surface area (Å²) in [5.41, 5.74) is 1.93. The largest absolute Gasteiger partial charge is 0.273 e. The van der Waals surface area contributed by atoms with Crippen molar-refractivity contribution in [3.63, 3.8) is 0 Å². The molecule has 0 radical (unpaired) electrons. The molecular weight excluding hydrogens is 262 g/mol. The molecule has 1 spiro atoms. The number of aryl methyl sites for hydroxylation is 1. The van der Waals surface area contributed by atoms with Crippen LogP contribution in [0.5, 0.6) is 0 Å². The lowest BCUT2D eigenvalue weighted by Crippen LogP contribution is -2.40. The third kappa shape index (κ3) is 1.62. The summed E-state index contributed by atoms with van der Waals surface area (Å²) in [5.74, 6) is 1.09. The van der Waals surface area contributed by atoms with E-state index in [1.807, 2.05) is 24.1 Å². The fraction of sp³-hybridized carbons (Fsp3) is 0.412. The van der Waals surface area contributed by atoms with Gasteiger partial charge in [-0.2, -0.15) is 5.10 Å². The van der Waals surface area contributed by atoms with E-state index in [0.29, 0.717) is 0 Å². The van der Waals surface area contributed by atoms with Gasteiger partial charge in [0.05, 0.1) is 17.3 Å². The molecule has 0 N–H and O–H groups in total. The van der Waals surface area contributed by atoms with Crippen molar-refractivity contribution < 1.29 is 4.79 Å². The average Bonchev–Trinajstić information content (AvgIpc) is 3.03. The molecule has 4 nitrogen and oxygen atoms in total. The fourth-order valence-electron chi connectivity index (χ4n) is 3.96. The van der Waals surface area contributed by atoms with E-state index in [-0.39, 0.29) is 11.3 Å². The molecule has 4 rings (SSSR count). The molecule has 1 amide bonds. The van der Waals surface area contributed by atoms with Crippen LogP contribution in [0.15, 0.2) is 36.5 Å². The molecule has 0 saturated heterocycles. The number of carbonyl (C=O) groups excluding carboxylic acids is 1. The van der Waals surface area contributed by atoms with E-state index in [0.717, 1.165) is 37.2 Å². The van der Waals surface area contributed by atoms with Crippen LogP contribution in [0, 0.1) is 0 Å². The van der Waals surface area contributed by atoms with Gasteiger partial charge in [-0.25, -0.2) is 0 Å². The van der Waals surface area contributed by atoms with Gasteiger partial charge >= 0.3 is 0 Å². The third-order valence-corrected chi connectivity index (χ3v) is 5.00. The first kappa shape index (κ1) is 12.6. The number of hydrogen-bond acceptors (Lipinski definition) is 2. The van der Waals surface area contributed by atoms with Crippen LogP contribution < -0.4 is 4.90 Å². The second-order valence-corrected chi connectivity index (χ2v) is 6.11. The van der Waals surface area contributed by atoms with Gasteiger partial charge in [0.2, 0.25) is 5.91 Å². The van der Waals surface area contributed by atoms with E-state index >= 15 is 0 Å². The van der Waals surface area contributed by atoms with E-state index in [9.17, 15) is 4.79 Å². The van der Waals surface area contributed by atoms with E-state index in [4.69, 9.17) is 0 Å². The predicted molar refractivity (Wildman–Crippen MR) is 81.6 cm³/mol. The first-order valence-corrected chi connectivity index (χ1v) is 7.66. The van der Waals surface area contributed by atoms with Gasteiger partial charge in [0.1, 0.15) is 5.82 Å². The highest BCUT2D eigenvalue weighted by Gasteiger charge is 2.51. The van der Waals surface area contributed by atoms with E-state index in [1.54, 1.807) is 10.9 Å². The minimum absolute atomic E-state index is 0.229. The number of rotatable bonds is 1. The van der Waals surface area contributed by atoms with Crippen molar-refractivity contribution in [3.05, 3.63) is 42.1 Å². The molecule has 1 saturated carbocycles. The molecule has 1 aliphatic heterocycles. The number of amides is 1. The van der Waals surface area contributed by atoms with Crippen LogP contribution in [0.4, 0.5) is 11.5 Å². The maximum absolute atomic E-state index is 13.3. The minimum Gasteiger partial charge on any atom is -0.273 e. The molecule has 0 bridgehead atoms. The SMILES string of the molecule is Cn1nccc1N1C(=O)C2(CCCCC2)c2ccccc21. The fourth-order valence-corrected chi connectivity index (χ4v) is 3.96. The minimum atomic E-state index is -0.306. The Morgan fingerprint density at radius 1 is 1.10 bits per heavy atom. The average molecular weight is 281 g/mol. The molecule has 2 aromatic rings. The smallest absolute Gasteiger partial charge is 0.243 e. The summed E-state index contributed by atoms with van der Waals surface area (Å²) < 4.78 is 1.77. The van der Waals surface area contributed by atoms with Crippen molar-refractivity contribution >= 4 is 17.4 Å². The number of anilines is 2. The van der Waals surface area contributed by atoms with Crippen molar-refractivity contribution in [3.8, 4) is 0 Å². The van der Waals surface area contributed by atoms with E-state index in [2.05, 4.69) is 23.3 Å². The number of aromatic nitrogens is 2. The molecule has 0 atom stereocenters. The monoisotopic (exact) mass is 281 g/mol. The molecule has 2 aliphatic rings. The molecular formula is C17H19N3O. The Labute approximate surface area is 124 Å². The van der Waals surface area contributed by atoms with Crippen LogP contribution in [-0.4, -0.2) is 15.7 Å². The van der Waals surface area contributed by atoms with Gasteiger partial charge in [-0.15, -0.1) is 0 Å². The number of fused-ring (bicyclic) bond motifs is 2. The highest BCUT2D eigenvalue weighted by Crippen LogP contribution is 2.51. The number of benzene rings is 1. The Morgan fingerprint density at radius 2 is 1.86 bits per heavy atom. The Balaban J connectivity index is 1.91. The van der Waals surface area contributed by atoms with Crippen LogP contribution in [0.25, 0.3) is 0 Å². The van der Waals surface area contributed by atoms with Crippen molar-refractivity contribution in [1.82, 2.24) is 9.78 Å². The second-order valence-electron chi connectivity index (χ2n) is 6.11. The molecule has 108 valence electrons. The molecule has 1 aliphatic carbocycles. The summed E-state index contributed by atoms with van der Waals surface area (Å²) in [5, 5.41) is 4.22. The standard InChI is InChI=1S/C17H19N3O/c1-19-15(9-12-18-19)20-14-8-4-3-7-13(14)17(16(20)21)10-5-2-6-11-17/h3-4,7-9,12H,2,5-6,10-11H2,1H3. The van der Waals surface area contributed by atoms with Crippen LogP contribution in [0.2, 0.25) is 0 Å². The zero-order valence-corrected chi connectivity index (χ0v) is 12.2. The van der Waals surface area contributed by atoms with Crippen molar-refractivity contribution in [2.45, 2.75) is 37.5 Å². The zero-order chi connectivity index (χ0) is 14.4. The third-order valence-electron chi connectivity index (χ3n) is 5.00. The Hall–Kier alpha value is -2.10. The summed E-state index contributed by atoms with van der Waals surface area (Å²) in [6.45, 7) is 0. The maximum atomic E-state index is 13.3. The van der Waals surface area contributed by atoms with Gasteiger partial charge < -0.3 is 0 Å². The highest BCUT2D eigenvalue weighted by molar-refractivity contribution is 6.12. The van der Waals surface area contributed by atoms with Crippen LogP contribution in [0.1, 0.15) is 37.7 Å². The summed E-state index contributed by atoms with van der Waals surface area (Å²) in [4.78, 5) is 15.1. The van der Waals surface area contributed by atoms with Crippen molar-refractivity contribution in [1.29, 1.82) is 0 Å². The van der Waals surface area contributed by atoms with Gasteiger partial charge in [0, 0.05) is 13.1 Å². The molecule has 1 aromatic carbocycles. The topological polar surface area (TPSA) is 38.1 Å². The summed E-state index contributed by atoms with van der Waals surface area (Å²) in [6.07, 6.45) is 7.20. The van der Waals surface area contributed by atoms with Gasteiger partial charge in [0.15, 0.2) is 0 Å². The Morgan fingerprint density at radius 3 is 2.57 bits per heavy atom. The number of carbonyl (C=O) groups is 1. The molecule has 21 heavy (non-hydrogen) atoms. The van der Waals surface area contributed by atoms with Crippen molar-refractivity contribution in [2.24, 2.45) is 7.05 Å². The van der Waals surface area contributed by atoms with Gasteiger partial charge in [0.25, 0.3) is 0 Å². The normalized spacial score (nSPS) is 20.0. The Bertz CT molecular complexity index is 698. The van der Waals surface area contributed by atoms with Crippen molar-refractivity contribution in [2.75, 3.05) is 4.90 Å². The maximum Gasteiger partial charge on any atom is 0.243 e. The van der Waals surface area contributed by atoms with Crippen LogP contribution in [-0.2, 0) is 17.3 Å². The summed E-state index contributed by atoms with van der Waals surface area (Å²) in [7, 11) is 1.89. The summed E-state index contributed by atoms with van der Waals surface area (Å²) >= 11 is 0. The number of hydrogen-bond donors (Lipinski definition) is 0. The summed E-state index contributed by atoms with van der Waals surface area (Å²) in [6, 6.07) is 10.2. The molecule has 1 fully saturated rings. The van der Waals surface area contributed by atoms with Crippen LogP contribution >= 0.6 is 0 Å². The van der Waals surface area contributed by atoms with Gasteiger partial charge in [-0.3, -0.25) is 14.4 Å². The first-order valence-electron chi connectivity index (χ1n) is 7.66. The predicted octanol–water partition coefficient (Wildman–Crippen LogP) is 3.30. The second kappa shape index (κ2) is 4.45. The molecule has 4 heteroatoms. The first-order chi connectivity index (χ1) is 10.2. The zero-order valence-electron chi connectivity index (χ0n) is 12.2. The molecule has 2 heterocycles. The van der Waals surface area contributed by atoms with E-state index in [1.165, 1.54) is 12.0 Å². The number of nitrogens with zero attached hydrogens (tertiary/aromatic N) is 3. The Kier molecular flexibility index (Phi) is 2.67. The highest BCUT2D eigenvalue weighted by atomic mass is 16.2. The quantitative estimate of drug-likeness (QED) is 0.804.